The van der Waals surface area contributed by atoms with Gasteiger partial charge in [-0.25, -0.2) is 9.59 Å². The van der Waals surface area contributed by atoms with Crippen molar-refractivity contribution < 1.29 is 24.5 Å². The smallest absolute Gasteiger partial charge is 0.331 e. The molecule has 0 spiro atoms. The minimum atomic E-state index is -1.04. The van der Waals surface area contributed by atoms with E-state index in [1.807, 2.05) is 0 Å². The third-order valence-electron chi connectivity index (χ3n) is 1.08. The summed E-state index contributed by atoms with van der Waals surface area (Å²) in [5, 5.41) is 16.3. The molecule has 5 nitrogen and oxygen atoms in total. The van der Waals surface area contributed by atoms with Gasteiger partial charge in [0.15, 0.2) is 0 Å². The molecule has 0 aromatic carbocycles. The largest absolute Gasteiger partial charge is 0.478 e. The Morgan fingerprint density at radius 1 is 1.50 bits per heavy atom. The van der Waals surface area contributed by atoms with Crippen LogP contribution in [-0.2, 0) is 14.3 Å². The Bertz CT molecular complexity index is 219. The molecule has 14 heavy (non-hydrogen) atoms. The number of rotatable bonds is 4. The van der Waals surface area contributed by atoms with E-state index >= 15 is 0 Å². The van der Waals surface area contributed by atoms with E-state index in [-0.39, 0.29) is 18.6 Å². The van der Waals surface area contributed by atoms with Crippen molar-refractivity contribution in [1.29, 1.82) is 0 Å². The topological polar surface area (TPSA) is 83.8 Å². The molecule has 0 saturated heterocycles. The van der Waals surface area contributed by atoms with Gasteiger partial charge in [-0.3, -0.25) is 0 Å². The highest BCUT2D eigenvalue weighted by Crippen LogP contribution is 1.94. The molecule has 80 valence electrons. The fraction of sp³-hybridized carbons (Fsp3) is 0.333. The first-order valence-electron chi connectivity index (χ1n) is 3.71. The lowest BCUT2D eigenvalue weighted by molar-refractivity contribution is -0.135. The summed E-state index contributed by atoms with van der Waals surface area (Å²) in [5.74, 6) is -1.44. The summed E-state index contributed by atoms with van der Waals surface area (Å²) in [7, 11) is 1.31. The van der Waals surface area contributed by atoms with Gasteiger partial charge < -0.3 is 14.9 Å². The van der Waals surface area contributed by atoms with Gasteiger partial charge in [0.1, 0.15) is 0 Å². The molecule has 0 heterocycles. The highest BCUT2D eigenvalue weighted by molar-refractivity contribution is 5.85. The summed E-state index contributed by atoms with van der Waals surface area (Å²) in [4.78, 5) is 19.7. The van der Waals surface area contributed by atoms with Gasteiger partial charge in [0.2, 0.25) is 0 Å². The van der Waals surface area contributed by atoms with Crippen LogP contribution < -0.4 is 0 Å². The number of carboxylic acid groups (broad SMARTS) is 1. The molecule has 0 radical (unpaired) electrons. The number of hydrogen-bond donors (Lipinski definition) is 2. The van der Waals surface area contributed by atoms with Gasteiger partial charge in [-0.2, -0.15) is 0 Å². The maximum atomic E-state index is 9.88. The third-order valence-corrected chi connectivity index (χ3v) is 1.08. The number of carboxylic acids is 1. The summed E-state index contributed by atoms with van der Waals surface area (Å²) in [6.07, 6.45) is 1.26. The minimum absolute atomic E-state index is 0.0486. The molecular formula is C9H14O5. The van der Waals surface area contributed by atoms with Crippen LogP contribution in [-0.4, -0.2) is 35.9 Å². The van der Waals surface area contributed by atoms with Crippen LogP contribution in [0.5, 0.6) is 0 Å². The van der Waals surface area contributed by atoms with Gasteiger partial charge in [0.25, 0.3) is 0 Å². The predicted molar refractivity (Wildman–Crippen MR) is 50.7 cm³/mol. The predicted octanol–water partition coefficient (Wildman–Crippen LogP) is 0.355. The van der Waals surface area contributed by atoms with Crippen LogP contribution >= 0.6 is 0 Å². The fourth-order valence-corrected chi connectivity index (χ4v) is 0.325. The van der Waals surface area contributed by atoms with Gasteiger partial charge in [0, 0.05) is 24.7 Å². The third kappa shape index (κ3) is 10.4. The maximum Gasteiger partial charge on any atom is 0.331 e. The molecule has 5 heteroatoms. The quantitative estimate of drug-likeness (QED) is 0.507. The van der Waals surface area contributed by atoms with Crippen LogP contribution in [0.4, 0.5) is 0 Å². The first kappa shape index (κ1) is 14.9. The molecule has 0 aliphatic heterocycles. The lowest BCUT2D eigenvalue weighted by Crippen LogP contribution is -2.00. The Labute approximate surface area is 82.3 Å². The summed E-state index contributed by atoms with van der Waals surface area (Å²) in [6, 6.07) is 0. The molecule has 0 aromatic rings. The molecule has 0 aliphatic carbocycles. The fourth-order valence-electron chi connectivity index (χ4n) is 0.325. The van der Waals surface area contributed by atoms with E-state index in [4.69, 9.17) is 10.2 Å². The highest BCUT2D eigenvalue weighted by atomic mass is 16.5. The number of carbonyl (C=O) groups is 2. The van der Waals surface area contributed by atoms with Crippen LogP contribution in [0.15, 0.2) is 24.8 Å². The van der Waals surface area contributed by atoms with Crippen LogP contribution in [0.25, 0.3) is 0 Å². The van der Waals surface area contributed by atoms with Crippen molar-refractivity contribution in [2.75, 3.05) is 13.7 Å². The van der Waals surface area contributed by atoms with E-state index in [2.05, 4.69) is 17.9 Å². The Balaban J connectivity index is 0. The van der Waals surface area contributed by atoms with Crippen molar-refractivity contribution in [3.8, 4) is 0 Å². The van der Waals surface area contributed by atoms with Gasteiger partial charge in [-0.15, -0.1) is 0 Å². The second kappa shape index (κ2) is 9.47. The zero-order valence-corrected chi connectivity index (χ0v) is 8.02. The van der Waals surface area contributed by atoms with Crippen LogP contribution in [0.2, 0.25) is 0 Å². The maximum absolute atomic E-state index is 9.88. The van der Waals surface area contributed by atoms with E-state index in [1.54, 1.807) is 0 Å². The van der Waals surface area contributed by atoms with E-state index in [1.165, 1.54) is 7.11 Å². The molecule has 0 unspecified atom stereocenters. The normalized spacial score (nSPS) is 7.86. The first-order valence-corrected chi connectivity index (χ1v) is 3.71. The lowest BCUT2D eigenvalue weighted by atomic mass is 10.2. The Kier molecular flexibility index (Phi) is 10.1. The first-order chi connectivity index (χ1) is 6.49. The summed E-state index contributed by atoms with van der Waals surface area (Å²) in [5.41, 5.74) is 0.0486. The number of aliphatic hydroxyl groups excluding tert-OH is 1. The summed E-state index contributed by atoms with van der Waals surface area (Å²) >= 11 is 0. The van der Waals surface area contributed by atoms with E-state index in [0.717, 1.165) is 6.08 Å². The SMILES string of the molecule is C=C(CCO)C(=O)O.C=CC(=O)OC. The molecule has 0 fully saturated rings. The average Bonchev–Trinajstić information content (AvgIpc) is 2.18. The van der Waals surface area contributed by atoms with Gasteiger partial charge in [-0.05, 0) is 0 Å². The van der Waals surface area contributed by atoms with Crippen molar-refractivity contribution in [1.82, 2.24) is 0 Å². The number of aliphatic carboxylic acids is 1. The van der Waals surface area contributed by atoms with Crippen LogP contribution in [0, 0.1) is 0 Å². The lowest BCUT2D eigenvalue weighted by Gasteiger charge is -1.91. The van der Waals surface area contributed by atoms with Crippen molar-refractivity contribution in [2.45, 2.75) is 6.42 Å². The molecule has 0 aliphatic rings. The van der Waals surface area contributed by atoms with Crippen molar-refractivity contribution in [3.05, 3.63) is 24.8 Å². The second-order valence-corrected chi connectivity index (χ2v) is 2.11. The Morgan fingerprint density at radius 3 is 2.07 bits per heavy atom. The number of carbonyl (C=O) groups excluding carboxylic acids is 1. The Morgan fingerprint density at radius 2 is 2.00 bits per heavy atom. The van der Waals surface area contributed by atoms with Crippen LogP contribution in [0.3, 0.4) is 0 Å². The molecule has 2 N–H and O–H groups in total. The number of esters is 1. The van der Waals surface area contributed by atoms with E-state index in [0.29, 0.717) is 0 Å². The molecule has 0 amide bonds. The van der Waals surface area contributed by atoms with Gasteiger partial charge in [0.05, 0.1) is 7.11 Å². The standard InChI is InChI=1S/C5H8O3.C4H6O2/c1-4(2-3-6)5(7)8;1-3-4(5)6-2/h6H,1-3H2,(H,7,8);3H,1H2,2H3. The highest BCUT2D eigenvalue weighted by Gasteiger charge is 1.99. The zero-order chi connectivity index (χ0) is 11.6. The number of methoxy groups -OCH3 is 1. The number of aliphatic hydroxyl groups is 1. The van der Waals surface area contributed by atoms with Crippen molar-refractivity contribution in [3.63, 3.8) is 0 Å². The molecule has 0 rings (SSSR count). The molecule has 0 atom stereocenters. The molecule has 0 saturated carbocycles. The number of hydrogen-bond acceptors (Lipinski definition) is 4. The van der Waals surface area contributed by atoms with E-state index in [9.17, 15) is 9.59 Å². The Hall–Kier alpha value is -1.62. The second-order valence-electron chi connectivity index (χ2n) is 2.11. The molecular weight excluding hydrogens is 188 g/mol. The van der Waals surface area contributed by atoms with E-state index < -0.39 is 11.9 Å². The summed E-state index contributed by atoms with van der Waals surface area (Å²) in [6.45, 7) is 6.19. The van der Waals surface area contributed by atoms with Crippen molar-refractivity contribution in [2.24, 2.45) is 0 Å². The van der Waals surface area contributed by atoms with Gasteiger partial charge in [-0.1, -0.05) is 13.2 Å². The number of ether oxygens (including phenoxy) is 1. The van der Waals surface area contributed by atoms with Crippen LogP contribution in [0.1, 0.15) is 6.42 Å². The minimum Gasteiger partial charge on any atom is -0.478 e. The average molecular weight is 202 g/mol. The molecule has 0 aromatic heterocycles. The van der Waals surface area contributed by atoms with Crippen molar-refractivity contribution >= 4 is 11.9 Å². The van der Waals surface area contributed by atoms with Gasteiger partial charge >= 0.3 is 11.9 Å². The summed E-state index contributed by atoms with van der Waals surface area (Å²) < 4.78 is 4.14. The molecule has 0 bridgehead atoms. The monoisotopic (exact) mass is 202 g/mol. The zero-order valence-electron chi connectivity index (χ0n) is 8.02.